The molecule has 3 rings (SSSR count). The molecule has 7 heteroatoms. The second-order valence-corrected chi connectivity index (χ2v) is 7.51. The molecule has 0 bridgehead atoms. The number of carbonyl (C=O) groups excluding carboxylic acids is 1. The van der Waals surface area contributed by atoms with Gasteiger partial charge in [0.05, 0.1) is 26.0 Å². The lowest BCUT2D eigenvalue weighted by molar-refractivity contribution is -0.135. The fourth-order valence-electron chi connectivity index (χ4n) is 3.43. The predicted molar refractivity (Wildman–Crippen MR) is 96.2 cm³/mol. The highest BCUT2D eigenvalue weighted by Crippen LogP contribution is 2.10. The van der Waals surface area contributed by atoms with Gasteiger partial charge in [-0.3, -0.25) is 19.3 Å². The van der Waals surface area contributed by atoms with Gasteiger partial charge < -0.3 is 9.64 Å². The Labute approximate surface area is 150 Å². The molecule has 2 fully saturated rings. The van der Waals surface area contributed by atoms with Gasteiger partial charge in [0.1, 0.15) is 0 Å². The predicted octanol–water partition coefficient (Wildman–Crippen LogP) is 0.516. The molecule has 25 heavy (non-hydrogen) atoms. The first-order chi connectivity index (χ1) is 12.1. The summed E-state index contributed by atoms with van der Waals surface area (Å²) in [6.07, 6.45) is 4.12. The summed E-state index contributed by atoms with van der Waals surface area (Å²) in [4.78, 5) is 19.1. The summed E-state index contributed by atoms with van der Waals surface area (Å²) in [5, 5.41) is 4.44. The van der Waals surface area contributed by atoms with Gasteiger partial charge in [-0.25, -0.2) is 0 Å². The third-order valence-electron chi connectivity index (χ3n) is 4.83. The molecule has 0 aromatic carbocycles. The molecule has 0 radical (unpaired) electrons. The van der Waals surface area contributed by atoms with Gasteiger partial charge in [0, 0.05) is 64.1 Å². The number of hydrogen-bond acceptors (Lipinski definition) is 5. The van der Waals surface area contributed by atoms with Crippen LogP contribution in [0.3, 0.4) is 0 Å². The lowest BCUT2D eigenvalue weighted by atomic mass is 10.2. The maximum atomic E-state index is 12.4. The molecule has 1 amide bonds. The van der Waals surface area contributed by atoms with Gasteiger partial charge >= 0.3 is 0 Å². The molecule has 2 saturated heterocycles. The van der Waals surface area contributed by atoms with E-state index in [1.807, 2.05) is 15.8 Å². The first-order valence-corrected chi connectivity index (χ1v) is 9.41. The van der Waals surface area contributed by atoms with E-state index in [1.165, 1.54) is 5.56 Å². The summed E-state index contributed by atoms with van der Waals surface area (Å²) in [6.45, 7) is 13.6. The van der Waals surface area contributed by atoms with Gasteiger partial charge in [-0.2, -0.15) is 5.10 Å². The van der Waals surface area contributed by atoms with E-state index in [2.05, 4.69) is 34.9 Å². The minimum Gasteiger partial charge on any atom is -0.379 e. The molecular formula is C18H31N5O2. The van der Waals surface area contributed by atoms with Gasteiger partial charge in [0.2, 0.25) is 5.91 Å². The molecule has 0 atom stereocenters. The second kappa shape index (κ2) is 8.78. The SMILES string of the molecule is CC(C)Cn1cc(CN2CCN(C(=O)CN3CCOCC3)CC2)cn1. The highest BCUT2D eigenvalue weighted by atomic mass is 16.5. The summed E-state index contributed by atoms with van der Waals surface area (Å²) >= 11 is 0. The highest BCUT2D eigenvalue weighted by molar-refractivity contribution is 5.78. The number of morpholine rings is 1. The van der Waals surface area contributed by atoms with Crippen LogP contribution in [0.5, 0.6) is 0 Å². The van der Waals surface area contributed by atoms with Crippen molar-refractivity contribution in [2.75, 3.05) is 59.0 Å². The monoisotopic (exact) mass is 349 g/mol. The Bertz CT molecular complexity index is 545. The van der Waals surface area contributed by atoms with Crippen molar-refractivity contribution in [2.24, 2.45) is 5.92 Å². The normalized spacial score (nSPS) is 20.4. The number of piperazine rings is 1. The van der Waals surface area contributed by atoms with Crippen LogP contribution in [-0.2, 0) is 22.6 Å². The summed E-state index contributed by atoms with van der Waals surface area (Å²) in [7, 11) is 0. The molecule has 0 spiro atoms. The summed E-state index contributed by atoms with van der Waals surface area (Å²) in [6, 6.07) is 0. The van der Waals surface area contributed by atoms with E-state index in [0.717, 1.165) is 65.6 Å². The Morgan fingerprint density at radius 1 is 1.12 bits per heavy atom. The molecule has 3 heterocycles. The average Bonchev–Trinajstić information content (AvgIpc) is 3.02. The Kier molecular flexibility index (Phi) is 6.45. The van der Waals surface area contributed by atoms with Crippen molar-refractivity contribution >= 4 is 5.91 Å². The first-order valence-electron chi connectivity index (χ1n) is 9.41. The smallest absolute Gasteiger partial charge is 0.236 e. The first kappa shape index (κ1) is 18.4. The summed E-state index contributed by atoms with van der Waals surface area (Å²) in [5.41, 5.74) is 1.26. The maximum Gasteiger partial charge on any atom is 0.236 e. The van der Waals surface area contributed by atoms with Crippen LogP contribution in [0.1, 0.15) is 19.4 Å². The minimum atomic E-state index is 0.256. The van der Waals surface area contributed by atoms with Gasteiger partial charge in [-0.05, 0) is 5.92 Å². The largest absolute Gasteiger partial charge is 0.379 e. The Hall–Kier alpha value is -1.44. The van der Waals surface area contributed by atoms with E-state index in [1.54, 1.807) is 0 Å². The number of rotatable bonds is 6. The Morgan fingerprint density at radius 2 is 1.84 bits per heavy atom. The zero-order valence-electron chi connectivity index (χ0n) is 15.6. The lowest BCUT2D eigenvalue weighted by Gasteiger charge is -2.36. The van der Waals surface area contributed by atoms with Gasteiger partial charge in [0.25, 0.3) is 0 Å². The van der Waals surface area contributed by atoms with Gasteiger partial charge in [0.15, 0.2) is 0 Å². The average molecular weight is 349 g/mol. The van der Waals surface area contributed by atoms with Gasteiger partial charge in [-0.1, -0.05) is 13.8 Å². The van der Waals surface area contributed by atoms with E-state index >= 15 is 0 Å². The van der Waals surface area contributed by atoms with Crippen molar-refractivity contribution in [1.82, 2.24) is 24.5 Å². The summed E-state index contributed by atoms with van der Waals surface area (Å²) in [5.74, 6) is 0.861. The van der Waals surface area contributed by atoms with Crippen molar-refractivity contribution < 1.29 is 9.53 Å². The maximum absolute atomic E-state index is 12.4. The second-order valence-electron chi connectivity index (χ2n) is 7.51. The molecule has 0 aliphatic carbocycles. The van der Waals surface area contributed by atoms with Crippen LogP contribution in [0.4, 0.5) is 0 Å². The fraction of sp³-hybridized carbons (Fsp3) is 0.778. The van der Waals surface area contributed by atoms with E-state index in [4.69, 9.17) is 4.74 Å². The minimum absolute atomic E-state index is 0.256. The number of carbonyl (C=O) groups is 1. The van der Waals surface area contributed by atoms with E-state index in [0.29, 0.717) is 12.5 Å². The molecule has 0 unspecified atom stereocenters. The van der Waals surface area contributed by atoms with Crippen molar-refractivity contribution in [1.29, 1.82) is 0 Å². The third kappa shape index (κ3) is 5.52. The van der Waals surface area contributed by atoms with Crippen LogP contribution < -0.4 is 0 Å². The molecular weight excluding hydrogens is 318 g/mol. The fourth-order valence-corrected chi connectivity index (χ4v) is 3.43. The molecule has 0 saturated carbocycles. The third-order valence-corrected chi connectivity index (χ3v) is 4.83. The molecule has 1 aromatic rings. The number of amides is 1. The zero-order valence-corrected chi connectivity index (χ0v) is 15.6. The number of hydrogen-bond donors (Lipinski definition) is 0. The van der Waals surface area contributed by atoms with E-state index in [-0.39, 0.29) is 5.91 Å². The van der Waals surface area contributed by atoms with Crippen molar-refractivity contribution in [3.05, 3.63) is 18.0 Å². The lowest BCUT2D eigenvalue weighted by Crippen LogP contribution is -2.51. The Morgan fingerprint density at radius 3 is 2.52 bits per heavy atom. The molecule has 7 nitrogen and oxygen atoms in total. The van der Waals surface area contributed by atoms with Crippen molar-refractivity contribution in [3.8, 4) is 0 Å². The van der Waals surface area contributed by atoms with E-state index in [9.17, 15) is 4.79 Å². The summed E-state index contributed by atoms with van der Waals surface area (Å²) < 4.78 is 7.37. The van der Waals surface area contributed by atoms with Crippen LogP contribution in [-0.4, -0.2) is 89.4 Å². The molecule has 1 aromatic heterocycles. The Balaban J connectivity index is 1.40. The molecule has 140 valence electrons. The van der Waals surface area contributed by atoms with Crippen molar-refractivity contribution in [3.63, 3.8) is 0 Å². The quantitative estimate of drug-likeness (QED) is 0.749. The van der Waals surface area contributed by atoms with Crippen LogP contribution >= 0.6 is 0 Å². The van der Waals surface area contributed by atoms with Crippen molar-refractivity contribution in [2.45, 2.75) is 26.9 Å². The zero-order chi connectivity index (χ0) is 17.6. The van der Waals surface area contributed by atoms with Crippen LogP contribution in [0, 0.1) is 5.92 Å². The van der Waals surface area contributed by atoms with E-state index < -0.39 is 0 Å². The highest BCUT2D eigenvalue weighted by Gasteiger charge is 2.23. The standard InChI is InChI=1S/C18H31N5O2/c1-16(2)12-23-14-17(11-19-23)13-20-3-5-22(6-4-20)18(24)15-21-7-9-25-10-8-21/h11,14,16H,3-10,12-13,15H2,1-2H3. The van der Waals surface area contributed by atoms with Crippen LogP contribution in [0.25, 0.3) is 0 Å². The number of ether oxygens (including phenoxy) is 1. The van der Waals surface area contributed by atoms with Crippen LogP contribution in [0.15, 0.2) is 12.4 Å². The number of aromatic nitrogens is 2. The number of nitrogens with zero attached hydrogens (tertiary/aromatic N) is 5. The molecule has 2 aliphatic rings. The topological polar surface area (TPSA) is 53.8 Å². The molecule has 2 aliphatic heterocycles. The molecule has 0 N–H and O–H groups in total. The van der Waals surface area contributed by atoms with Crippen LogP contribution in [0.2, 0.25) is 0 Å². The van der Waals surface area contributed by atoms with Gasteiger partial charge in [-0.15, -0.1) is 0 Å².